The van der Waals surface area contributed by atoms with Crippen LogP contribution in [0.1, 0.15) is 52.9 Å². The van der Waals surface area contributed by atoms with Crippen molar-refractivity contribution in [3.63, 3.8) is 0 Å². The lowest BCUT2D eigenvalue weighted by Crippen LogP contribution is -2.60. The van der Waals surface area contributed by atoms with Gasteiger partial charge in [-0.15, -0.1) is 0 Å². The van der Waals surface area contributed by atoms with E-state index in [0.29, 0.717) is 12.5 Å². The van der Waals surface area contributed by atoms with Crippen molar-refractivity contribution >= 4 is 0 Å². The van der Waals surface area contributed by atoms with Gasteiger partial charge < -0.3 is 0 Å². The average Bonchev–Trinajstić information content (AvgIpc) is 2.19. The summed E-state index contributed by atoms with van der Waals surface area (Å²) < 4.78 is 25.4. The number of nitrogens with zero attached hydrogens (tertiary/aromatic N) is 1. The predicted molar refractivity (Wildman–Crippen MR) is 59.0 cm³/mol. The molecule has 90 valence electrons. The Labute approximate surface area is 91.8 Å². The quantitative estimate of drug-likeness (QED) is 0.605. The molecule has 1 aliphatic heterocycles. The van der Waals surface area contributed by atoms with E-state index in [1.54, 1.807) is 0 Å². The van der Waals surface area contributed by atoms with Gasteiger partial charge in [0.05, 0.1) is 0 Å². The minimum atomic E-state index is -2.24. The van der Waals surface area contributed by atoms with Crippen LogP contribution in [-0.4, -0.2) is 23.5 Å². The molecule has 0 unspecified atom stereocenters. The van der Waals surface area contributed by atoms with Crippen LogP contribution in [-0.2, 0) is 0 Å². The fraction of sp³-hybridized carbons (Fsp3) is 1.00. The number of hydrogen-bond donors (Lipinski definition) is 0. The van der Waals surface area contributed by atoms with Crippen LogP contribution in [0.15, 0.2) is 0 Å². The Bertz CT molecular complexity index is 183. The summed E-state index contributed by atoms with van der Waals surface area (Å²) in [6.07, 6.45) is 5.03. The second-order valence-electron chi connectivity index (χ2n) is 4.67. The molecule has 0 bridgehead atoms. The zero-order valence-electron chi connectivity index (χ0n) is 10.1. The van der Waals surface area contributed by atoms with Gasteiger partial charge in [-0.2, -0.15) is 8.78 Å². The Kier molecular flexibility index (Phi) is 4.50. The van der Waals surface area contributed by atoms with Crippen LogP contribution in [0.2, 0.25) is 0 Å². The first-order valence-corrected chi connectivity index (χ1v) is 6.19. The lowest BCUT2D eigenvalue weighted by Gasteiger charge is -2.55. The summed E-state index contributed by atoms with van der Waals surface area (Å²) in [5, 5.41) is 0. The van der Waals surface area contributed by atoms with Crippen molar-refractivity contribution in [3.8, 4) is 0 Å². The van der Waals surface area contributed by atoms with E-state index < -0.39 is 6.55 Å². The van der Waals surface area contributed by atoms with Gasteiger partial charge in [0, 0.05) is 12.1 Å². The van der Waals surface area contributed by atoms with Gasteiger partial charge >= 0.3 is 0 Å². The molecule has 2 aliphatic rings. The maximum Gasteiger partial charge on any atom is 0.295 e. The zero-order valence-corrected chi connectivity index (χ0v) is 10.1. The van der Waals surface area contributed by atoms with E-state index in [0.717, 1.165) is 32.1 Å². The summed E-state index contributed by atoms with van der Waals surface area (Å²) >= 11 is 0. The molecule has 0 amide bonds. The van der Waals surface area contributed by atoms with Gasteiger partial charge in [-0.3, -0.25) is 0 Å². The maximum atomic E-state index is 12.7. The summed E-state index contributed by atoms with van der Waals surface area (Å²) in [6, 6.07) is 0. The minimum absolute atomic E-state index is 0.105. The largest absolute Gasteiger partial charge is 0.295 e. The van der Waals surface area contributed by atoms with Crippen LogP contribution < -0.4 is 0 Å². The number of likely N-dealkylation sites (tertiary alicyclic amines) is 1. The Hall–Kier alpha value is -0.180. The van der Waals surface area contributed by atoms with Crippen molar-refractivity contribution < 1.29 is 8.78 Å². The number of alkyl halides is 2. The number of piperidine rings is 1. The molecule has 1 saturated heterocycles. The number of hydrogen-bond acceptors (Lipinski definition) is 1. The number of rotatable bonds is 1. The molecule has 1 heterocycles. The molecule has 0 N–H and O–H groups in total. The Morgan fingerprint density at radius 1 is 1.20 bits per heavy atom. The van der Waals surface area contributed by atoms with Gasteiger partial charge in [0.25, 0.3) is 6.55 Å². The third-order valence-corrected chi connectivity index (χ3v) is 3.59. The molecule has 0 aromatic rings. The molecule has 1 aliphatic carbocycles. The van der Waals surface area contributed by atoms with Crippen LogP contribution in [0.25, 0.3) is 0 Å². The molecule has 1 spiro atoms. The van der Waals surface area contributed by atoms with Gasteiger partial charge in [0.1, 0.15) is 0 Å². The second kappa shape index (κ2) is 5.24. The third kappa shape index (κ3) is 2.49. The van der Waals surface area contributed by atoms with Crippen LogP contribution >= 0.6 is 0 Å². The van der Waals surface area contributed by atoms with Crippen LogP contribution in [0.3, 0.4) is 0 Å². The standard InChI is InChI=1S/C10H17F2N.C2H6/c1-8-6-10(7-8)4-2-3-5-13(10)9(11)12;1-2/h8-9H,2-7H2,1H3;1-2H3. The van der Waals surface area contributed by atoms with Gasteiger partial charge in [-0.05, 0) is 31.6 Å². The summed E-state index contributed by atoms with van der Waals surface area (Å²) in [7, 11) is 0. The highest BCUT2D eigenvalue weighted by Gasteiger charge is 2.50. The molecule has 0 radical (unpaired) electrons. The van der Waals surface area contributed by atoms with Crippen molar-refractivity contribution in [2.24, 2.45) is 5.92 Å². The lowest BCUT2D eigenvalue weighted by atomic mass is 9.64. The first-order chi connectivity index (χ1) is 7.14. The zero-order chi connectivity index (χ0) is 11.5. The summed E-state index contributed by atoms with van der Waals surface area (Å²) in [5.74, 6) is 0.652. The molecule has 1 nitrogen and oxygen atoms in total. The molecule has 1 saturated carbocycles. The van der Waals surface area contributed by atoms with E-state index in [9.17, 15) is 8.78 Å². The third-order valence-electron chi connectivity index (χ3n) is 3.59. The Morgan fingerprint density at radius 3 is 2.27 bits per heavy atom. The van der Waals surface area contributed by atoms with Crippen molar-refractivity contribution in [2.45, 2.75) is 65.0 Å². The Balaban J connectivity index is 0.000000531. The molecule has 3 heteroatoms. The van der Waals surface area contributed by atoms with Crippen LogP contribution in [0.5, 0.6) is 0 Å². The van der Waals surface area contributed by atoms with Crippen LogP contribution in [0.4, 0.5) is 8.78 Å². The van der Waals surface area contributed by atoms with Crippen molar-refractivity contribution in [2.75, 3.05) is 6.54 Å². The monoisotopic (exact) mass is 219 g/mol. The molecule has 2 rings (SSSR count). The molecule has 0 aromatic carbocycles. The van der Waals surface area contributed by atoms with Gasteiger partial charge in [0.2, 0.25) is 0 Å². The van der Waals surface area contributed by atoms with Gasteiger partial charge in [-0.25, -0.2) is 4.90 Å². The number of halogens is 2. The predicted octanol–water partition coefficient (Wildman–Crippen LogP) is 3.89. The highest BCUT2D eigenvalue weighted by molar-refractivity contribution is 5.02. The fourth-order valence-electron chi connectivity index (χ4n) is 3.10. The Morgan fingerprint density at radius 2 is 1.80 bits per heavy atom. The molecule has 15 heavy (non-hydrogen) atoms. The molecular weight excluding hydrogens is 196 g/mol. The molecule has 0 aromatic heterocycles. The van der Waals surface area contributed by atoms with Crippen molar-refractivity contribution in [1.29, 1.82) is 0 Å². The summed E-state index contributed by atoms with van der Waals surface area (Å²) in [4.78, 5) is 1.44. The van der Waals surface area contributed by atoms with E-state index in [2.05, 4.69) is 6.92 Å². The van der Waals surface area contributed by atoms with E-state index in [1.807, 2.05) is 13.8 Å². The van der Waals surface area contributed by atoms with Crippen LogP contribution in [0, 0.1) is 5.92 Å². The highest BCUT2D eigenvalue weighted by atomic mass is 19.3. The van der Waals surface area contributed by atoms with Gasteiger partial charge in [-0.1, -0.05) is 27.2 Å². The van der Waals surface area contributed by atoms with E-state index in [-0.39, 0.29) is 5.54 Å². The normalized spacial score (nSPS) is 36.0. The smallest absolute Gasteiger partial charge is 0.242 e. The SMILES string of the molecule is CC.CC1CC2(CCCCN2C(F)F)C1. The topological polar surface area (TPSA) is 3.24 Å². The molecule has 0 atom stereocenters. The van der Waals surface area contributed by atoms with E-state index in [1.165, 1.54) is 4.90 Å². The summed E-state index contributed by atoms with van der Waals surface area (Å²) in [6.45, 7) is 4.52. The van der Waals surface area contributed by atoms with E-state index >= 15 is 0 Å². The van der Waals surface area contributed by atoms with Gasteiger partial charge in [0.15, 0.2) is 0 Å². The second-order valence-corrected chi connectivity index (χ2v) is 4.67. The fourth-order valence-corrected chi connectivity index (χ4v) is 3.10. The van der Waals surface area contributed by atoms with Crippen molar-refractivity contribution in [1.82, 2.24) is 4.90 Å². The minimum Gasteiger partial charge on any atom is -0.242 e. The maximum absolute atomic E-state index is 12.7. The lowest BCUT2D eigenvalue weighted by molar-refractivity contribution is -0.154. The first kappa shape index (κ1) is 12.9. The first-order valence-electron chi connectivity index (χ1n) is 6.19. The highest BCUT2D eigenvalue weighted by Crippen LogP contribution is 2.48. The van der Waals surface area contributed by atoms with E-state index in [4.69, 9.17) is 0 Å². The average molecular weight is 219 g/mol. The van der Waals surface area contributed by atoms with Crippen molar-refractivity contribution in [3.05, 3.63) is 0 Å². The summed E-state index contributed by atoms with van der Waals surface area (Å²) in [5.41, 5.74) is -0.105. The molecule has 2 fully saturated rings. The molecular formula is C12H23F2N.